The topological polar surface area (TPSA) is 21.3 Å². The molecule has 0 saturated carbocycles. The molecule has 2 unspecified atom stereocenters. The van der Waals surface area contributed by atoms with Crippen LogP contribution in [0, 0.1) is 0 Å². The Morgan fingerprint density at radius 2 is 1.88 bits per heavy atom. The van der Waals surface area contributed by atoms with Crippen LogP contribution in [0.1, 0.15) is 26.3 Å². The molecule has 0 aliphatic rings. The molecule has 0 radical (unpaired) electrons. The SMILES string of the molecule is CCNC(Cc1ccc(Cl)cc1)C(C)OCC. The summed E-state index contributed by atoms with van der Waals surface area (Å²) in [6.07, 6.45) is 1.18. The number of nitrogens with one attached hydrogen (secondary N) is 1. The molecule has 0 amide bonds. The molecule has 17 heavy (non-hydrogen) atoms. The van der Waals surface area contributed by atoms with E-state index in [4.69, 9.17) is 16.3 Å². The second-order valence-electron chi connectivity index (χ2n) is 4.16. The van der Waals surface area contributed by atoms with Gasteiger partial charge in [-0.3, -0.25) is 0 Å². The summed E-state index contributed by atoms with van der Waals surface area (Å²) in [7, 11) is 0. The van der Waals surface area contributed by atoms with Gasteiger partial charge < -0.3 is 10.1 Å². The molecule has 0 spiro atoms. The molecule has 0 saturated heterocycles. The van der Waals surface area contributed by atoms with Crippen LogP contribution in [-0.2, 0) is 11.2 Å². The predicted octanol–water partition coefficient (Wildman–Crippen LogP) is 3.29. The Kier molecular flexibility index (Phi) is 6.56. The first-order chi connectivity index (χ1) is 8.17. The van der Waals surface area contributed by atoms with Gasteiger partial charge in [0.2, 0.25) is 0 Å². The van der Waals surface area contributed by atoms with Crippen LogP contribution in [0.3, 0.4) is 0 Å². The third kappa shape index (κ3) is 5.07. The highest BCUT2D eigenvalue weighted by Gasteiger charge is 2.16. The molecule has 96 valence electrons. The third-order valence-electron chi connectivity index (χ3n) is 2.83. The third-order valence-corrected chi connectivity index (χ3v) is 3.08. The van der Waals surface area contributed by atoms with Gasteiger partial charge >= 0.3 is 0 Å². The highest BCUT2D eigenvalue weighted by atomic mass is 35.5. The number of halogens is 1. The largest absolute Gasteiger partial charge is 0.377 e. The zero-order valence-corrected chi connectivity index (χ0v) is 11.6. The summed E-state index contributed by atoms with van der Waals surface area (Å²) in [5, 5.41) is 4.26. The molecule has 0 aromatic heterocycles. The van der Waals surface area contributed by atoms with E-state index in [1.54, 1.807) is 0 Å². The van der Waals surface area contributed by atoms with Crippen molar-refractivity contribution in [1.82, 2.24) is 5.32 Å². The Bertz CT molecular complexity index is 313. The smallest absolute Gasteiger partial charge is 0.0703 e. The first-order valence-electron chi connectivity index (χ1n) is 6.26. The lowest BCUT2D eigenvalue weighted by atomic mass is 10.0. The summed E-state index contributed by atoms with van der Waals surface area (Å²) in [4.78, 5) is 0. The summed E-state index contributed by atoms with van der Waals surface area (Å²) in [5.41, 5.74) is 1.28. The fourth-order valence-electron chi connectivity index (χ4n) is 1.92. The number of ether oxygens (including phenoxy) is 1. The Hall–Kier alpha value is -0.570. The van der Waals surface area contributed by atoms with Crippen LogP contribution in [0.5, 0.6) is 0 Å². The van der Waals surface area contributed by atoms with Crippen LogP contribution in [0.4, 0.5) is 0 Å². The molecule has 0 aliphatic carbocycles. The van der Waals surface area contributed by atoms with Gasteiger partial charge in [-0.25, -0.2) is 0 Å². The molecule has 1 rings (SSSR count). The average molecular weight is 256 g/mol. The fraction of sp³-hybridized carbons (Fsp3) is 0.571. The quantitative estimate of drug-likeness (QED) is 0.807. The Morgan fingerprint density at radius 3 is 2.41 bits per heavy atom. The summed E-state index contributed by atoms with van der Waals surface area (Å²) < 4.78 is 5.66. The molecule has 1 aromatic carbocycles. The van der Waals surface area contributed by atoms with Crippen LogP contribution in [0.15, 0.2) is 24.3 Å². The van der Waals surface area contributed by atoms with E-state index in [0.29, 0.717) is 6.04 Å². The average Bonchev–Trinajstić information content (AvgIpc) is 2.31. The maximum absolute atomic E-state index is 5.88. The summed E-state index contributed by atoms with van der Waals surface area (Å²) >= 11 is 5.88. The van der Waals surface area contributed by atoms with Gasteiger partial charge in [-0.2, -0.15) is 0 Å². The van der Waals surface area contributed by atoms with Gasteiger partial charge in [0.1, 0.15) is 0 Å². The van der Waals surface area contributed by atoms with Gasteiger partial charge in [0.15, 0.2) is 0 Å². The minimum Gasteiger partial charge on any atom is -0.377 e. The van der Waals surface area contributed by atoms with Crippen molar-refractivity contribution in [2.24, 2.45) is 0 Å². The Balaban J connectivity index is 2.62. The highest BCUT2D eigenvalue weighted by molar-refractivity contribution is 6.30. The second kappa shape index (κ2) is 7.70. The number of benzene rings is 1. The summed E-state index contributed by atoms with van der Waals surface area (Å²) in [5.74, 6) is 0. The zero-order valence-electron chi connectivity index (χ0n) is 10.9. The molecule has 2 nitrogen and oxygen atoms in total. The van der Waals surface area contributed by atoms with Crippen molar-refractivity contribution in [3.8, 4) is 0 Å². The van der Waals surface area contributed by atoms with Crippen molar-refractivity contribution >= 4 is 11.6 Å². The molecule has 0 heterocycles. The van der Waals surface area contributed by atoms with Gasteiger partial charge in [0.05, 0.1) is 6.10 Å². The van der Waals surface area contributed by atoms with Crippen LogP contribution in [0.25, 0.3) is 0 Å². The fourth-order valence-corrected chi connectivity index (χ4v) is 2.05. The minimum absolute atomic E-state index is 0.218. The lowest BCUT2D eigenvalue weighted by Gasteiger charge is -2.24. The van der Waals surface area contributed by atoms with Crippen molar-refractivity contribution in [1.29, 1.82) is 0 Å². The van der Waals surface area contributed by atoms with Gasteiger partial charge in [-0.15, -0.1) is 0 Å². The first-order valence-corrected chi connectivity index (χ1v) is 6.64. The van der Waals surface area contributed by atoms with Gasteiger partial charge in [0.25, 0.3) is 0 Å². The number of likely N-dealkylation sites (N-methyl/N-ethyl adjacent to an activating group) is 1. The van der Waals surface area contributed by atoms with E-state index in [9.17, 15) is 0 Å². The van der Waals surface area contributed by atoms with Gasteiger partial charge in [-0.05, 0) is 44.5 Å². The molecular weight excluding hydrogens is 234 g/mol. The maximum atomic E-state index is 5.88. The molecule has 0 bridgehead atoms. The van der Waals surface area contributed by atoms with Gasteiger partial charge in [0, 0.05) is 17.7 Å². The highest BCUT2D eigenvalue weighted by Crippen LogP contribution is 2.13. The van der Waals surface area contributed by atoms with E-state index in [0.717, 1.165) is 24.6 Å². The molecule has 1 N–H and O–H groups in total. The lowest BCUT2D eigenvalue weighted by Crippen LogP contribution is -2.41. The predicted molar refractivity (Wildman–Crippen MR) is 73.7 cm³/mol. The Labute approximate surface area is 109 Å². The van der Waals surface area contributed by atoms with Gasteiger partial charge in [-0.1, -0.05) is 30.7 Å². The van der Waals surface area contributed by atoms with E-state index in [1.165, 1.54) is 5.56 Å². The van der Waals surface area contributed by atoms with Crippen LogP contribution in [0.2, 0.25) is 5.02 Å². The molecule has 3 heteroatoms. The van der Waals surface area contributed by atoms with Crippen molar-refractivity contribution in [3.05, 3.63) is 34.9 Å². The van der Waals surface area contributed by atoms with E-state index in [2.05, 4.69) is 31.3 Å². The van der Waals surface area contributed by atoms with Crippen molar-refractivity contribution in [2.75, 3.05) is 13.2 Å². The molecule has 2 atom stereocenters. The van der Waals surface area contributed by atoms with Crippen molar-refractivity contribution in [3.63, 3.8) is 0 Å². The summed E-state index contributed by atoms with van der Waals surface area (Å²) in [6.45, 7) is 7.97. The number of hydrogen-bond acceptors (Lipinski definition) is 2. The maximum Gasteiger partial charge on any atom is 0.0703 e. The number of rotatable bonds is 7. The molecule has 0 fully saturated rings. The van der Waals surface area contributed by atoms with Crippen LogP contribution >= 0.6 is 11.6 Å². The van der Waals surface area contributed by atoms with Crippen LogP contribution < -0.4 is 5.32 Å². The Morgan fingerprint density at radius 1 is 1.24 bits per heavy atom. The van der Waals surface area contributed by atoms with E-state index in [-0.39, 0.29) is 6.10 Å². The van der Waals surface area contributed by atoms with E-state index >= 15 is 0 Å². The monoisotopic (exact) mass is 255 g/mol. The van der Waals surface area contributed by atoms with Crippen molar-refractivity contribution in [2.45, 2.75) is 39.3 Å². The van der Waals surface area contributed by atoms with Crippen molar-refractivity contribution < 1.29 is 4.74 Å². The van der Waals surface area contributed by atoms with E-state index in [1.807, 2.05) is 19.1 Å². The first kappa shape index (κ1) is 14.5. The second-order valence-corrected chi connectivity index (χ2v) is 4.59. The molecule has 0 aliphatic heterocycles. The minimum atomic E-state index is 0.218. The van der Waals surface area contributed by atoms with Crippen LogP contribution in [-0.4, -0.2) is 25.3 Å². The molecular formula is C14H22ClNO. The normalized spacial score (nSPS) is 14.6. The zero-order chi connectivity index (χ0) is 12.7. The van der Waals surface area contributed by atoms with E-state index < -0.39 is 0 Å². The summed E-state index contributed by atoms with van der Waals surface area (Å²) in [6, 6.07) is 8.37. The molecule has 1 aromatic rings. The standard InChI is InChI=1S/C14H22ClNO/c1-4-16-14(11(3)17-5-2)10-12-6-8-13(15)9-7-12/h6-9,11,14,16H,4-5,10H2,1-3H3. The number of hydrogen-bond donors (Lipinski definition) is 1. The lowest BCUT2D eigenvalue weighted by molar-refractivity contribution is 0.0480.